The van der Waals surface area contributed by atoms with Crippen molar-refractivity contribution in [1.29, 1.82) is 5.26 Å². The standard InChI is InChI=1S/C18H25NO4S.C2H3N/c1-8-10-12-11(9-17(2,3)21-12)15(24-16(20)19(6)7)14-13(10)22-18(4,5)23-14;1-2-3/h8-9H2,1-7H3;1H3. The predicted octanol–water partition coefficient (Wildman–Crippen LogP) is 4.77. The van der Waals surface area contributed by atoms with E-state index >= 15 is 0 Å². The molecule has 3 rings (SSSR count). The van der Waals surface area contributed by atoms with Crippen LogP contribution in [0, 0.1) is 11.3 Å². The molecule has 0 fully saturated rings. The lowest BCUT2D eigenvalue weighted by molar-refractivity contribution is -0.0446. The maximum atomic E-state index is 12.3. The number of fused-ring (bicyclic) bond motifs is 2. The molecule has 0 aromatic heterocycles. The summed E-state index contributed by atoms with van der Waals surface area (Å²) >= 11 is 1.19. The summed E-state index contributed by atoms with van der Waals surface area (Å²) in [4.78, 5) is 14.7. The fourth-order valence-electron chi connectivity index (χ4n) is 3.11. The largest absolute Gasteiger partial charge is 0.487 e. The van der Waals surface area contributed by atoms with Gasteiger partial charge in [-0.25, -0.2) is 0 Å². The molecule has 7 heteroatoms. The number of ether oxygens (including phenoxy) is 3. The lowest BCUT2D eigenvalue weighted by Gasteiger charge is -2.19. The zero-order valence-electron chi connectivity index (χ0n) is 17.3. The number of carbonyl (C=O) groups is 1. The molecule has 6 nitrogen and oxygen atoms in total. The molecule has 0 atom stereocenters. The Hall–Kier alpha value is -2.07. The van der Waals surface area contributed by atoms with Gasteiger partial charge < -0.3 is 19.1 Å². The monoisotopic (exact) mass is 392 g/mol. The second-order valence-corrected chi connectivity index (χ2v) is 8.72. The van der Waals surface area contributed by atoms with E-state index in [4.69, 9.17) is 19.5 Å². The van der Waals surface area contributed by atoms with Crippen LogP contribution in [0.5, 0.6) is 17.2 Å². The molecule has 0 radical (unpaired) electrons. The van der Waals surface area contributed by atoms with Crippen molar-refractivity contribution >= 4 is 17.0 Å². The van der Waals surface area contributed by atoms with Gasteiger partial charge in [0.15, 0.2) is 11.5 Å². The van der Waals surface area contributed by atoms with E-state index in [1.165, 1.54) is 18.7 Å². The van der Waals surface area contributed by atoms with Gasteiger partial charge in [0.25, 0.3) is 5.24 Å². The third-order valence-corrected chi connectivity index (χ3v) is 5.27. The van der Waals surface area contributed by atoms with Crippen LogP contribution in [0.3, 0.4) is 0 Å². The van der Waals surface area contributed by atoms with E-state index < -0.39 is 5.79 Å². The number of benzene rings is 1. The van der Waals surface area contributed by atoms with Gasteiger partial charge in [-0.15, -0.1) is 0 Å². The Labute approximate surface area is 165 Å². The number of thioether (sulfide) groups is 1. The van der Waals surface area contributed by atoms with Crippen molar-refractivity contribution in [2.75, 3.05) is 14.1 Å². The number of hydrogen-bond acceptors (Lipinski definition) is 6. The van der Waals surface area contributed by atoms with E-state index in [2.05, 4.69) is 20.8 Å². The first kappa shape index (κ1) is 21.2. The summed E-state index contributed by atoms with van der Waals surface area (Å²) in [7, 11) is 3.50. The van der Waals surface area contributed by atoms with Crippen molar-refractivity contribution in [3.8, 4) is 23.3 Å². The van der Waals surface area contributed by atoms with Crippen LogP contribution >= 0.6 is 11.8 Å². The predicted molar refractivity (Wildman–Crippen MR) is 106 cm³/mol. The van der Waals surface area contributed by atoms with Crippen LogP contribution in [0.25, 0.3) is 0 Å². The molecule has 2 heterocycles. The average Bonchev–Trinajstić information content (AvgIpc) is 3.02. The summed E-state index contributed by atoms with van der Waals surface area (Å²) in [5, 5.41) is 7.28. The number of nitriles is 1. The summed E-state index contributed by atoms with van der Waals surface area (Å²) in [6.45, 7) is 11.4. The highest BCUT2D eigenvalue weighted by Gasteiger charge is 2.44. The van der Waals surface area contributed by atoms with Gasteiger partial charge >= 0.3 is 0 Å². The van der Waals surface area contributed by atoms with Crippen LogP contribution in [0.4, 0.5) is 4.79 Å². The van der Waals surface area contributed by atoms with Gasteiger partial charge in [-0.3, -0.25) is 4.79 Å². The quantitative estimate of drug-likeness (QED) is 0.675. The molecule has 0 bridgehead atoms. The molecule has 2 aliphatic rings. The third kappa shape index (κ3) is 4.27. The van der Waals surface area contributed by atoms with Crippen molar-refractivity contribution in [3.05, 3.63) is 11.1 Å². The Bertz CT molecular complexity index is 749. The molecule has 0 unspecified atom stereocenters. The Morgan fingerprint density at radius 2 is 1.70 bits per heavy atom. The van der Waals surface area contributed by atoms with E-state index in [0.717, 1.165) is 34.6 Å². The zero-order valence-corrected chi connectivity index (χ0v) is 18.2. The van der Waals surface area contributed by atoms with Crippen molar-refractivity contribution in [2.45, 2.75) is 70.7 Å². The first-order valence-corrected chi connectivity index (χ1v) is 9.76. The second kappa shape index (κ2) is 7.51. The van der Waals surface area contributed by atoms with Gasteiger partial charge in [-0.05, 0) is 32.0 Å². The Balaban J connectivity index is 0.000000817. The Morgan fingerprint density at radius 3 is 2.22 bits per heavy atom. The Morgan fingerprint density at radius 1 is 1.15 bits per heavy atom. The van der Waals surface area contributed by atoms with E-state index in [1.54, 1.807) is 25.1 Å². The molecule has 0 spiro atoms. The topological polar surface area (TPSA) is 71.8 Å². The second-order valence-electron chi connectivity index (χ2n) is 7.76. The minimum Gasteiger partial charge on any atom is -0.487 e. The van der Waals surface area contributed by atoms with Gasteiger partial charge in [0.2, 0.25) is 5.79 Å². The molecule has 1 aromatic rings. The number of amides is 1. The maximum absolute atomic E-state index is 12.3. The molecule has 1 aromatic carbocycles. The zero-order chi connectivity index (χ0) is 20.6. The van der Waals surface area contributed by atoms with Crippen molar-refractivity contribution in [3.63, 3.8) is 0 Å². The summed E-state index contributed by atoms with van der Waals surface area (Å²) in [6, 6.07) is 1.75. The molecular weight excluding hydrogens is 364 g/mol. The van der Waals surface area contributed by atoms with E-state index in [9.17, 15) is 4.79 Å². The highest BCUT2D eigenvalue weighted by molar-refractivity contribution is 8.13. The van der Waals surface area contributed by atoms with Crippen molar-refractivity contribution in [1.82, 2.24) is 4.90 Å². The summed E-state index contributed by atoms with van der Waals surface area (Å²) in [5.41, 5.74) is 1.78. The Kier molecular flexibility index (Phi) is 5.91. The fraction of sp³-hybridized carbons (Fsp3) is 0.600. The first-order chi connectivity index (χ1) is 12.5. The van der Waals surface area contributed by atoms with Gasteiger partial charge in [-0.1, -0.05) is 6.92 Å². The molecule has 27 heavy (non-hydrogen) atoms. The van der Waals surface area contributed by atoms with Crippen molar-refractivity contribution < 1.29 is 19.0 Å². The van der Waals surface area contributed by atoms with Gasteiger partial charge in [0.05, 0.1) is 11.0 Å². The molecule has 1 amide bonds. The molecular formula is C20H28N2O4S. The summed E-state index contributed by atoms with van der Waals surface area (Å²) in [6.07, 6.45) is 1.53. The molecule has 0 aliphatic carbocycles. The number of carbonyl (C=O) groups excluding carboxylic acids is 1. The molecule has 0 saturated heterocycles. The smallest absolute Gasteiger partial charge is 0.286 e. The van der Waals surface area contributed by atoms with Crippen LogP contribution in [-0.2, 0) is 12.8 Å². The van der Waals surface area contributed by atoms with E-state index in [1.807, 2.05) is 13.8 Å². The van der Waals surface area contributed by atoms with Crippen LogP contribution in [0.2, 0.25) is 0 Å². The fourth-order valence-corrected chi connectivity index (χ4v) is 3.98. The van der Waals surface area contributed by atoms with E-state index in [-0.39, 0.29) is 10.8 Å². The minimum absolute atomic E-state index is 0.0401. The maximum Gasteiger partial charge on any atom is 0.286 e. The van der Waals surface area contributed by atoms with Crippen LogP contribution < -0.4 is 14.2 Å². The van der Waals surface area contributed by atoms with Gasteiger partial charge in [0, 0.05) is 52.4 Å². The first-order valence-electron chi connectivity index (χ1n) is 8.95. The lowest BCUT2D eigenvalue weighted by atomic mass is 9.98. The summed E-state index contributed by atoms with van der Waals surface area (Å²) in [5.74, 6) is 1.51. The van der Waals surface area contributed by atoms with Crippen molar-refractivity contribution in [2.24, 2.45) is 0 Å². The molecule has 0 saturated carbocycles. The number of nitrogens with zero attached hydrogens (tertiary/aromatic N) is 2. The highest BCUT2D eigenvalue weighted by Crippen LogP contribution is 2.57. The minimum atomic E-state index is -0.743. The third-order valence-electron chi connectivity index (χ3n) is 4.09. The SMILES string of the molecule is CC#N.CCc1c2c(c(SC(=O)N(C)C)c3c1OC(C)(C)O3)CC(C)(C)O2. The molecule has 148 valence electrons. The summed E-state index contributed by atoms with van der Waals surface area (Å²) < 4.78 is 18.3. The van der Waals surface area contributed by atoms with E-state index in [0.29, 0.717) is 11.5 Å². The van der Waals surface area contributed by atoms with Gasteiger partial charge in [0.1, 0.15) is 11.4 Å². The average molecular weight is 393 g/mol. The molecule has 0 N–H and O–H groups in total. The molecule has 2 aliphatic heterocycles. The number of hydrogen-bond donors (Lipinski definition) is 0. The lowest BCUT2D eigenvalue weighted by Crippen LogP contribution is -2.30. The van der Waals surface area contributed by atoms with Crippen LogP contribution in [0.1, 0.15) is 52.7 Å². The highest BCUT2D eigenvalue weighted by atomic mass is 32.2. The number of rotatable bonds is 2. The normalized spacial score (nSPS) is 17.1. The van der Waals surface area contributed by atoms with Crippen LogP contribution in [0.15, 0.2) is 4.90 Å². The van der Waals surface area contributed by atoms with Crippen LogP contribution in [-0.4, -0.2) is 35.6 Å². The van der Waals surface area contributed by atoms with Gasteiger partial charge in [-0.2, -0.15) is 5.26 Å².